The van der Waals surface area contributed by atoms with Gasteiger partial charge in [0, 0.05) is 4.47 Å². The predicted molar refractivity (Wildman–Crippen MR) is 118 cm³/mol. The lowest BCUT2D eigenvalue weighted by Gasteiger charge is -2.41. The largest absolute Gasteiger partial charge is 0.452 e. The van der Waals surface area contributed by atoms with Crippen molar-refractivity contribution in [2.24, 2.45) is 4.99 Å². The summed E-state index contributed by atoms with van der Waals surface area (Å²) in [5.41, 5.74) is 0.923. The van der Waals surface area contributed by atoms with Crippen LogP contribution in [0.4, 0.5) is 10.5 Å². The first-order chi connectivity index (χ1) is 13.4. The molecular formula is C16H18BrClN5O4S2+. The number of hydrogen-bond donors (Lipinski definition) is 1. The molecule has 2 aliphatic heterocycles. The minimum Gasteiger partial charge on any atom is -0.452 e. The van der Waals surface area contributed by atoms with Gasteiger partial charge in [0.15, 0.2) is 11.7 Å². The van der Waals surface area contributed by atoms with E-state index in [4.69, 9.17) is 28.6 Å². The number of aliphatic imine (C=N–C) groups is 1. The molecule has 1 N–H and O–H groups in total. The van der Waals surface area contributed by atoms with Crippen molar-refractivity contribution in [2.75, 3.05) is 32.6 Å². The molecule has 0 saturated carbocycles. The number of hydrogen-bond acceptors (Lipinski definition) is 6. The van der Waals surface area contributed by atoms with Crippen LogP contribution >= 0.6 is 39.7 Å². The lowest BCUT2D eigenvalue weighted by atomic mass is 10.2. The Morgan fingerprint density at radius 2 is 2.10 bits per heavy atom. The van der Waals surface area contributed by atoms with Crippen molar-refractivity contribution in [1.29, 1.82) is 0 Å². The molecule has 29 heavy (non-hydrogen) atoms. The fourth-order valence-electron chi connectivity index (χ4n) is 2.90. The van der Waals surface area contributed by atoms with Crippen LogP contribution in [0.3, 0.4) is 0 Å². The second kappa shape index (κ2) is 7.51. The van der Waals surface area contributed by atoms with Gasteiger partial charge in [-0.15, -0.1) is 0 Å². The number of nitrogens with one attached hydrogen (secondary N) is 1. The average Bonchev–Trinajstić information content (AvgIpc) is 2.89. The van der Waals surface area contributed by atoms with Crippen molar-refractivity contribution >= 4 is 71.7 Å². The summed E-state index contributed by atoms with van der Waals surface area (Å²) >= 11 is 14.8. The number of thiocarbonyl (C=S) groups is 1. The number of rotatable bonds is 2. The molecule has 0 radical (unpaired) electrons. The van der Waals surface area contributed by atoms with Gasteiger partial charge < -0.3 is 4.74 Å². The Kier molecular flexibility index (Phi) is 5.69. The van der Waals surface area contributed by atoms with Crippen LogP contribution in [0.2, 0.25) is 5.02 Å². The number of benzene rings is 1. The van der Waals surface area contributed by atoms with Gasteiger partial charge in [0.05, 0.1) is 38.0 Å². The first-order valence-corrected chi connectivity index (χ1v) is 11.3. The number of carbonyl (C=O) groups excluding carboxylic acids is 1. The number of amidine groups is 1. The van der Waals surface area contributed by atoms with Gasteiger partial charge in [0.2, 0.25) is 0 Å². The van der Waals surface area contributed by atoms with Crippen LogP contribution in [0, 0.1) is 6.92 Å². The van der Waals surface area contributed by atoms with E-state index in [2.05, 4.69) is 25.6 Å². The van der Waals surface area contributed by atoms with E-state index in [1.807, 2.05) is 0 Å². The lowest BCUT2D eigenvalue weighted by molar-refractivity contribution is -0.973. The number of sulfonamides is 1. The number of anilines is 1. The molecule has 1 aromatic rings. The SMILES string of the molecule is COC(=O)N1C[N+]2(C)C(=CC(=S)N2C)N=C1S(=O)(=O)Nc1c(Cl)ccc(C)c1Br. The normalized spacial score (nSPS) is 21.5. The van der Waals surface area contributed by atoms with E-state index in [1.165, 1.54) is 0 Å². The zero-order valence-corrected chi connectivity index (χ0v) is 19.9. The molecule has 1 unspecified atom stereocenters. The van der Waals surface area contributed by atoms with Crippen LogP contribution in [-0.2, 0) is 14.8 Å². The highest BCUT2D eigenvalue weighted by molar-refractivity contribution is 9.10. The van der Waals surface area contributed by atoms with Gasteiger partial charge in [0.25, 0.3) is 21.0 Å². The molecule has 3 rings (SSSR count). The van der Waals surface area contributed by atoms with E-state index >= 15 is 0 Å². The van der Waals surface area contributed by atoms with E-state index in [0.29, 0.717) is 15.3 Å². The van der Waals surface area contributed by atoms with E-state index in [1.54, 1.807) is 44.2 Å². The van der Waals surface area contributed by atoms with E-state index in [-0.39, 0.29) is 22.0 Å². The molecule has 0 saturated heterocycles. The molecule has 1 aromatic carbocycles. The number of aryl methyl sites for hydroxylation is 1. The number of halogens is 2. The fraction of sp³-hybridized carbons (Fsp3) is 0.312. The maximum absolute atomic E-state index is 13.2. The second-order valence-electron chi connectivity index (χ2n) is 6.60. The zero-order chi connectivity index (χ0) is 21.7. The van der Waals surface area contributed by atoms with E-state index < -0.39 is 21.3 Å². The predicted octanol–water partition coefficient (Wildman–Crippen LogP) is 3.02. The number of amides is 1. The average molecular weight is 524 g/mol. The van der Waals surface area contributed by atoms with Crippen molar-refractivity contribution in [1.82, 2.24) is 9.91 Å². The highest BCUT2D eigenvalue weighted by Gasteiger charge is 2.51. The molecule has 0 aliphatic carbocycles. The first-order valence-electron chi connectivity index (χ1n) is 8.20. The molecule has 2 aliphatic rings. The molecule has 13 heteroatoms. The Balaban J connectivity index is 2.12. The molecule has 1 atom stereocenters. The van der Waals surface area contributed by atoms with Crippen LogP contribution in [-0.4, -0.2) is 67.0 Å². The highest BCUT2D eigenvalue weighted by Crippen LogP contribution is 2.36. The lowest BCUT2D eigenvalue weighted by Crippen LogP contribution is -2.63. The zero-order valence-electron chi connectivity index (χ0n) is 15.9. The molecule has 9 nitrogen and oxygen atoms in total. The smallest absolute Gasteiger partial charge is 0.420 e. The molecule has 156 valence electrons. The molecule has 0 spiro atoms. The summed E-state index contributed by atoms with van der Waals surface area (Å²) in [7, 11) is 0.353. The van der Waals surface area contributed by atoms with Gasteiger partial charge in [-0.1, -0.05) is 29.9 Å². The van der Waals surface area contributed by atoms with Crippen molar-refractivity contribution in [3.05, 3.63) is 39.1 Å². The maximum Gasteiger partial charge on any atom is 0.420 e. The highest BCUT2D eigenvalue weighted by atomic mass is 79.9. The standard InChI is InChI=1S/C16H18BrClN5O4S2/c1-9-5-6-10(18)14(13(9)17)20-29(25,26)15-19-11-7-12(28)21(2)23(11,3)8-22(15)16(24)27-4/h5-7,20H,8H2,1-4H3/q+1. The summed E-state index contributed by atoms with van der Waals surface area (Å²) in [6, 6.07) is 3.31. The van der Waals surface area contributed by atoms with E-state index in [0.717, 1.165) is 17.6 Å². The van der Waals surface area contributed by atoms with E-state index in [9.17, 15) is 13.2 Å². The summed E-state index contributed by atoms with van der Waals surface area (Å²) in [4.78, 5) is 18.1. The minimum absolute atomic E-state index is 0.00183. The first kappa shape index (κ1) is 22.0. The summed E-state index contributed by atoms with van der Waals surface area (Å²) in [5.74, 6) is 0.382. The quantitative estimate of drug-likeness (QED) is 0.473. The van der Waals surface area contributed by atoms with Gasteiger partial charge in [-0.05, 0) is 34.5 Å². The maximum atomic E-state index is 13.2. The van der Waals surface area contributed by atoms with Crippen LogP contribution in [0.5, 0.6) is 0 Å². The number of fused-ring (bicyclic) bond motifs is 1. The number of nitrogens with zero attached hydrogens (tertiary/aromatic N) is 4. The van der Waals surface area contributed by atoms with Gasteiger partial charge in [-0.3, -0.25) is 4.72 Å². The number of methoxy groups -OCH3 is 1. The molecule has 0 aromatic heterocycles. The van der Waals surface area contributed by atoms with Crippen LogP contribution in [0.25, 0.3) is 0 Å². The van der Waals surface area contributed by atoms with Crippen LogP contribution in [0.15, 0.2) is 33.5 Å². The fourth-order valence-corrected chi connectivity index (χ4v) is 5.34. The summed E-state index contributed by atoms with van der Waals surface area (Å²) in [6.45, 7) is 1.72. The summed E-state index contributed by atoms with van der Waals surface area (Å²) in [6.07, 6.45) is 0.725. The Bertz CT molecular complexity index is 1090. The number of ether oxygens (including phenoxy) is 1. The molecule has 1 amide bonds. The van der Waals surface area contributed by atoms with Gasteiger partial charge in [-0.2, -0.15) is 22.9 Å². The van der Waals surface area contributed by atoms with Crippen molar-refractivity contribution < 1.29 is 22.5 Å². The third-order valence-corrected chi connectivity index (χ3v) is 7.73. The minimum atomic E-state index is -4.30. The van der Waals surface area contributed by atoms with Gasteiger partial charge in [0.1, 0.15) is 0 Å². The van der Waals surface area contributed by atoms with Crippen molar-refractivity contribution in [2.45, 2.75) is 6.92 Å². The van der Waals surface area contributed by atoms with Gasteiger partial charge in [-0.25, -0.2) is 9.80 Å². The van der Waals surface area contributed by atoms with Crippen molar-refractivity contribution in [3.8, 4) is 0 Å². The Morgan fingerprint density at radius 1 is 1.45 bits per heavy atom. The third kappa shape index (κ3) is 3.63. The molecule has 0 fully saturated rings. The molecule has 0 bridgehead atoms. The second-order valence-corrected chi connectivity index (χ2v) is 9.79. The topological polar surface area (TPSA) is 91.3 Å². The summed E-state index contributed by atoms with van der Waals surface area (Å²) in [5, 5.41) is 1.39. The van der Waals surface area contributed by atoms with Crippen LogP contribution < -0.4 is 4.72 Å². The Morgan fingerprint density at radius 3 is 2.72 bits per heavy atom. The molecular weight excluding hydrogens is 506 g/mol. The monoisotopic (exact) mass is 522 g/mol. The Hall–Kier alpha value is -1.73. The Labute approximate surface area is 187 Å². The third-order valence-electron chi connectivity index (χ3n) is 4.74. The molecule has 2 heterocycles. The van der Waals surface area contributed by atoms with Gasteiger partial charge >= 0.3 is 6.09 Å². The number of quaternary nitrogens is 1. The van der Waals surface area contributed by atoms with Crippen LogP contribution in [0.1, 0.15) is 5.56 Å². The summed E-state index contributed by atoms with van der Waals surface area (Å²) < 4.78 is 34.1. The number of carbonyl (C=O) groups is 1. The number of likely N-dealkylation sites (N-methyl/N-ethyl adjacent to an activating group) is 1. The van der Waals surface area contributed by atoms with Crippen molar-refractivity contribution in [3.63, 3.8) is 0 Å².